The van der Waals surface area contributed by atoms with Gasteiger partial charge in [0.05, 0.1) is 11.1 Å². The van der Waals surface area contributed by atoms with Crippen LogP contribution in [0.1, 0.15) is 62.0 Å². The molecule has 3 heterocycles. The van der Waals surface area contributed by atoms with Gasteiger partial charge in [-0.2, -0.15) is 0 Å². The fourth-order valence-electron chi connectivity index (χ4n) is 3.42. The molecule has 2 N–H and O–H groups in total. The number of hydrogen-bond donors (Lipinski definition) is 2. The Bertz CT molecular complexity index is 1090. The third-order valence-electron chi connectivity index (χ3n) is 4.98. The van der Waals surface area contributed by atoms with Gasteiger partial charge in [-0.25, -0.2) is 9.97 Å². The highest BCUT2D eigenvalue weighted by atomic mass is 32.1. The molecule has 1 aliphatic carbocycles. The summed E-state index contributed by atoms with van der Waals surface area (Å²) in [5.74, 6) is 0.448. The summed E-state index contributed by atoms with van der Waals surface area (Å²) in [6.45, 7) is 6.27. The highest BCUT2D eigenvalue weighted by Crippen LogP contribution is 2.33. The van der Waals surface area contributed by atoms with E-state index in [4.69, 9.17) is 0 Å². The molecular formula is C20H24N4O2S2. The van der Waals surface area contributed by atoms with Crippen LogP contribution in [0.2, 0.25) is 0 Å². The lowest BCUT2D eigenvalue weighted by molar-refractivity contribution is -0.116. The molecule has 6 nitrogen and oxygen atoms in total. The van der Waals surface area contributed by atoms with E-state index in [2.05, 4.69) is 41.0 Å². The third kappa shape index (κ3) is 3.89. The monoisotopic (exact) mass is 416 g/mol. The Labute approximate surface area is 171 Å². The summed E-state index contributed by atoms with van der Waals surface area (Å²) in [6, 6.07) is 0. The van der Waals surface area contributed by atoms with Crippen LogP contribution in [0.15, 0.2) is 10.2 Å². The average molecular weight is 417 g/mol. The number of nitrogens with zero attached hydrogens (tertiary/aromatic N) is 2. The van der Waals surface area contributed by atoms with Crippen molar-refractivity contribution < 1.29 is 4.79 Å². The van der Waals surface area contributed by atoms with Gasteiger partial charge in [-0.05, 0) is 31.2 Å². The summed E-state index contributed by atoms with van der Waals surface area (Å²) < 4.78 is 0. The molecule has 0 radical (unpaired) electrons. The minimum atomic E-state index is -0.122. The Morgan fingerprint density at radius 1 is 1.25 bits per heavy atom. The molecule has 148 valence electrons. The molecule has 0 fully saturated rings. The molecule has 28 heavy (non-hydrogen) atoms. The fraction of sp³-hybridized carbons (Fsp3) is 0.500. The van der Waals surface area contributed by atoms with Crippen LogP contribution in [0, 0.1) is 0 Å². The molecule has 4 rings (SSSR count). The molecule has 3 aromatic heterocycles. The maximum Gasteiger partial charge on any atom is 0.259 e. The van der Waals surface area contributed by atoms with Crippen LogP contribution < -0.4 is 10.9 Å². The number of thiazole rings is 1. The number of hydrogen-bond acceptors (Lipinski definition) is 6. The summed E-state index contributed by atoms with van der Waals surface area (Å²) in [6.07, 6.45) is 4.97. The van der Waals surface area contributed by atoms with Crippen molar-refractivity contribution in [3.63, 3.8) is 0 Å². The molecular weight excluding hydrogens is 392 g/mol. The van der Waals surface area contributed by atoms with Gasteiger partial charge in [0.1, 0.15) is 10.7 Å². The lowest BCUT2D eigenvalue weighted by atomic mass is 9.93. The van der Waals surface area contributed by atoms with Gasteiger partial charge in [0.2, 0.25) is 5.91 Å². The lowest BCUT2D eigenvalue weighted by Crippen LogP contribution is -2.17. The van der Waals surface area contributed by atoms with Crippen LogP contribution >= 0.6 is 22.7 Å². The summed E-state index contributed by atoms with van der Waals surface area (Å²) in [5.41, 5.74) is 2.03. The van der Waals surface area contributed by atoms with E-state index in [-0.39, 0.29) is 23.3 Å². The molecule has 0 saturated carbocycles. The number of amides is 1. The number of aromatic amines is 1. The van der Waals surface area contributed by atoms with E-state index in [1.165, 1.54) is 28.2 Å². The Hall–Kier alpha value is -2.06. The molecule has 3 aromatic rings. The summed E-state index contributed by atoms with van der Waals surface area (Å²) in [7, 11) is 0. The molecule has 1 aliphatic rings. The lowest BCUT2D eigenvalue weighted by Gasteiger charge is -2.14. The Balaban J connectivity index is 1.44. The molecule has 0 bridgehead atoms. The van der Waals surface area contributed by atoms with E-state index < -0.39 is 0 Å². The quantitative estimate of drug-likeness (QED) is 0.668. The topological polar surface area (TPSA) is 87.7 Å². The molecule has 1 amide bonds. The minimum absolute atomic E-state index is 0.0435. The number of carbonyl (C=O) groups excluding carboxylic acids is 1. The maximum atomic E-state index is 12.6. The number of aromatic nitrogens is 3. The van der Waals surface area contributed by atoms with Gasteiger partial charge >= 0.3 is 0 Å². The number of fused-ring (bicyclic) bond motifs is 3. The fourth-order valence-corrected chi connectivity index (χ4v) is 5.65. The largest absolute Gasteiger partial charge is 0.310 e. The Morgan fingerprint density at radius 2 is 2.04 bits per heavy atom. The highest BCUT2D eigenvalue weighted by molar-refractivity contribution is 7.18. The van der Waals surface area contributed by atoms with Crippen LogP contribution in [0.3, 0.4) is 0 Å². The van der Waals surface area contributed by atoms with Crippen LogP contribution in [-0.4, -0.2) is 20.9 Å². The first-order valence-corrected chi connectivity index (χ1v) is 11.3. The van der Waals surface area contributed by atoms with Crippen molar-refractivity contribution in [3.8, 4) is 0 Å². The Morgan fingerprint density at radius 3 is 2.79 bits per heavy atom. The van der Waals surface area contributed by atoms with Crippen LogP contribution in [-0.2, 0) is 29.5 Å². The number of H-pyrrole nitrogens is 1. The van der Waals surface area contributed by atoms with Crippen molar-refractivity contribution in [2.75, 3.05) is 5.32 Å². The second-order valence-corrected chi connectivity index (χ2v) is 10.2. The van der Waals surface area contributed by atoms with Crippen molar-refractivity contribution in [2.45, 2.75) is 64.7 Å². The molecule has 0 unspecified atom stereocenters. The van der Waals surface area contributed by atoms with Crippen LogP contribution in [0.4, 0.5) is 5.13 Å². The zero-order valence-electron chi connectivity index (χ0n) is 16.3. The predicted octanol–water partition coefficient (Wildman–Crippen LogP) is 4.19. The molecule has 0 aliphatic heterocycles. The van der Waals surface area contributed by atoms with Crippen molar-refractivity contribution in [1.29, 1.82) is 0 Å². The van der Waals surface area contributed by atoms with Crippen molar-refractivity contribution >= 4 is 43.9 Å². The zero-order chi connectivity index (χ0) is 19.9. The third-order valence-corrected chi connectivity index (χ3v) is 6.93. The first-order chi connectivity index (χ1) is 13.3. The van der Waals surface area contributed by atoms with Crippen LogP contribution in [0.25, 0.3) is 10.2 Å². The first-order valence-electron chi connectivity index (χ1n) is 9.60. The van der Waals surface area contributed by atoms with Crippen molar-refractivity contribution in [1.82, 2.24) is 15.0 Å². The standard InChI is InChI=1S/C20H24N4O2S2/c1-20(2,3)13-10-27-19(21-13)24-15(25)9-8-14-22-17(26)16-11-6-4-5-7-12(11)28-18(16)23-14/h10H,4-9H2,1-3H3,(H,21,24,25)(H,22,23,26). The van der Waals surface area contributed by atoms with Gasteiger partial charge in [0.25, 0.3) is 5.56 Å². The second kappa shape index (κ2) is 7.40. The predicted molar refractivity (Wildman–Crippen MR) is 115 cm³/mol. The minimum Gasteiger partial charge on any atom is -0.310 e. The first kappa shape index (κ1) is 19.3. The molecule has 0 spiro atoms. The molecule has 0 aromatic carbocycles. The van der Waals surface area contributed by atoms with E-state index in [9.17, 15) is 9.59 Å². The summed E-state index contributed by atoms with van der Waals surface area (Å²) >= 11 is 3.06. The number of rotatable bonds is 4. The summed E-state index contributed by atoms with van der Waals surface area (Å²) in [5, 5.41) is 6.18. The smallest absolute Gasteiger partial charge is 0.259 e. The van der Waals surface area contributed by atoms with E-state index in [1.807, 2.05) is 5.38 Å². The van der Waals surface area contributed by atoms with E-state index in [1.54, 1.807) is 11.3 Å². The van der Waals surface area contributed by atoms with E-state index in [0.717, 1.165) is 35.2 Å². The molecule has 8 heteroatoms. The number of thiophene rings is 1. The normalized spacial score (nSPS) is 14.2. The Kier molecular flexibility index (Phi) is 5.09. The molecule has 0 saturated heterocycles. The van der Waals surface area contributed by atoms with Crippen LogP contribution in [0.5, 0.6) is 0 Å². The second-order valence-electron chi connectivity index (χ2n) is 8.24. The van der Waals surface area contributed by atoms with Gasteiger partial charge in [-0.3, -0.25) is 9.59 Å². The average Bonchev–Trinajstić information content (AvgIpc) is 3.24. The van der Waals surface area contributed by atoms with Gasteiger partial charge in [0, 0.05) is 28.5 Å². The van der Waals surface area contributed by atoms with Gasteiger partial charge in [-0.1, -0.05) is 20.8 Å². The summed E-state index contributed by atoms with van der Waals surface area (Å²) in [4.78, 5) is 38.9. The number of anilines is 1. The zero-order valence-corrected chi connectivity index (χ0v) is 18.0. The number of carbonyl (C=O) groups is 1. The number of aryl methyl sites for hydroxylation is 3. The van der Waals surface area contributed by atoms with Gasteiger partial charge in [0.15, 0.2) is 5.13 Å². The SMILES string of the molecule is CC(C)(C)c1csc(NC(=O)CCc2nc3sc4c(c3c(=O)[nH]2)CCCC4)n1. The van der Waals surface area contributed by atoms with Crippen molar-refractivity contribution in [2.24, 2.45) is 0 Å². The molecule has 0 atom stereocenters. The van der Waals surface area contributed by atoms with E-state index in [0.29, 0.717) is 17.4 Å². The van der Waals surface area contributed by atoms with Gasteiger partial charge in [-0.15, -0.1) is 22.7 Å². The van der Waals surface area contributed by atoms with Gasteiger partial charge < -0.3 is 10.3 Å². The van der Waals surface area contributed by atoms with E-state index >= 15 is 0 Å². The highest BCUT2D eigenvalue weighted by Gasteiger charge is 2.20. The number of nitrogens with one attached hydrogen (secondary N) is 2. The maximum absolute atomic E-state index is 12.6. The van der Waals surface area contributed by atoms with Crippen molar-refractivity contribution in [3.05, 3.63) is 37.7 Å².